The van der Waals surface area contributed by atoms with Crippen molar-refractivity contribution in [2.75, 3.05) is 40.5 Å². The monoisotopic (exact) mass is 350 g/mol. The standard InChI is InChI=1S/C19H30N2O4/c1-4-25-18-16(8-5-9-17(18)24-3)13-20-19(22)21-11-6-7-15(14-21)10-12-23-2/h5,8-9,15H,4,6-7,10-14H2,1-3H3,(H,20,22)/t15-/m1/s1. The summed E-state index contributed by atoms with van der Waals surface area (Å²) in [5.41, 5.74) is 0.919. The lowest BCUT2D eigenvalue weighted by Gasteiger charge is -2.32. The van der Waals surface area contributed by atoms with Crippen LogP contribution in [0, 0.1) is 5.92 Å². The van der Waals surface area contributed by atoms with Crippen LogP contribution in [-0.4, -0.2) is 51.5 Å². The van der Waals surface area contributed by atoms with Crippen molar-refractivity contribution in [1.29, 1.82) is 0 Å². The van der Waals surface area contributed by atoms with Crippen LogP contribution in [0.25, 0.3) is 0 Å². The Bertz CT molecular complexity index is 550. The molecule has 1 aliphatic heterocycles. The van der Waals surface area contributed by atoms with E-state index >= 15 is 0 Å². The Labute approximate surface area is 150 Å². The third-order valence-electron chi connectivity index (χ3n) is 4.54. The smallest absolute Gasteiger partial charge is 0.317 e. The van der Waals surface area contributed by atoms with Crippen LogP contribution in [0.4, 0.5) is 4.79 Å². The molecule has 6 heteroatoms. The molecule has 1 N–H and O–H groups in total. The van der Waals surface area contributed by atoms with Gasteiger partial charge in [0.1, 0.15) is 0 Å². The molecule has 1 aromatic carbocycles. The molecule has 6 nitrogen and oxygen atoms in total. The molecular weight excluding hydrogens is 320 g/mol. The Kier molecular flexibility index (Phi) is 7.85. The molecule has 1 aromatic rings. The van der Waals surface area contributed by atoms with Gasteiger partial charge in [-0.05, 0) is 38.2 Å². The van der Waals surface area contributed by atoms with Gasteiger partial charge in [0.05, 0.1) is 13.7 Å². The highest BCUT2D eigenvalue weighted by Gasteiger charge is 2.23. The van der Waals surface area contributed by atoms with Crippen molar-refractivity contribution in [3.8, 4) is 11.5 Å². The van der Waals surface area contributed by atoms with Gasteiger partial charge in [-0.3, -0.25) is 0 Å². The van der Waals surface area contributed by atoms with Gasteiger partial charge in [-0.15, -0.1) is 0 Å². The molecule has 0 unspecified atom stereocenters. The van der Waals surface area contributed by atoms with Crippen molar-refractivity contribution in [3.05, 3.63) is 23.8 Å². The number of para-hydroxylation sites is 1. The van der Waals surface area contributed by atoms with Crippen molar-refractivity contribution in [2.45, 2.75) is 32.7 Å². The van der Waals surface area contributed by atoms with Crippen molar-refractivity contribution >= 4 is 6.03 Å². The molecule has 0 aromatic heterocycles. The van der Waals surface area contributed by atoms with E-state index in [2.05, 4.69) is 5.32 Å². The normalized spacial score (nSPS) is 17.2. The quantitative estimate of drug-likeness (QED) is 0.783. The third-order valence-corrected chi connectivity index (χ3v) is 4.54. The molecule has 0 bridgehead atoms. The van der Waals surface area contributed by atoms with E-state index in [0.29, 0.717) is 30.6 Å². The van der Waals surface area contributed by atoms with E-state index in [0.717, 1.165) is 44.5 Å². The fraction of sp³-hybridized carbons (Fsp3) is 0.632. The minimum Gasteiger partial charge on any atom is -0.493 e. The van der Waals surface area contributed by atoms with Gasteiger partial charge in [-0.2, -0.15) is 0 Å². The van der Waals surface area contributed by atoms with E-state index in [1.54, 1.807) is 14.2 Å². The molecule has 140 valence electrons. The van der Waals surface area contributed by atoms with Crippen LogP contribution in [0.2, 0.25) is 0 Å². The van der Waals surface area contributed by atoms with Crippen LogP contribution in [0.1, 0.15) is 31.7 Å². The molecule has 1 heterocycles. The number of urea groups is 1. The van der Waals surface area contributed by atoms with Gasteiger partial charge in [0.2, 0.25) is 0 Å². The number of hydrogen-bond acceptors (Lipinski definition) is 4. The number of methoxy groups -OCH3 is 2. The molecule has 1 saturated heterocycles. The van der Waals surface area contributed by atoms with Crippen LogP contribution in [0.5, 0.6) is 11.5 Å². The molecule has 25 heavy (non-hydrogen) atoms. The summed E-state index contributed by atoms with van der Waals surface area (Å²) in [6.07, 6.45) is 3.22. The Morgan fingerprint density at radius 3 is 2.92 bits per heavy atom. The topological polar surface area (TPSA) is 60.0 Å². The molecule has 1 fully saturated rings. The molecule has 0 saturated carbocycles. The SMILES string of the molecule is CCOc1c(CNC(=O)N2CCC[C@H](CCOC)C2)cccc1OC. The molecular formula is C19H30N2O4. The summed E-state index contributed by atoms with van der Waals surface area (Å²) in [6, 6.07) is 5.70. The second-order valence-corrected chi connectivity index (χ2v) is 6.28. The number of amides is 2. The fourth-order valence-corrected chi connectivity index (χ4v) is 3.22. The number of rotatable bonds is 8. The number of nitrogens with zero attached hydrogens (tertiary/aromatic N) is 1. The van der Waals surface area contributed by atoms with Crippen molar-refractivity contribution in [3.63, 3.8) is 0 Å². The number of hydrogen-bond donors (Lipinski definition) is 1. The van der Waals surface area contributed by atoms with Gasteiger partial charge in [-0.25, -0.2) is 4.79 Å². The zero-order chi connectivity index (χ0) is 18.1. The van der Waals surface area contributed by atoms with E-state index in [-0.39, 0.29) is 6.03 Å². The number of piperidine rings is 1. The molecule has 0 spiro atoms. The lowest BCUT2D eigenvalue weighted by Crippen LogP contribution is -2.45. The Morgan fingerprint density at radius 1 is 1.36 bits per heavy atom. The predicted molar refractivity (Wildman–Crippen MR) is 97.2 cm³/mol. The van der Waals surface area contributed by atoms with E-state index in [1.165, 1.54) is 0 Å². The molecule has 0 aliphatic carbocycles. The minimum atomic E-state index is -0.0209. The van der Waals surface area contributed by atoms with Crippen LogP contribution < -0.4 is 14.8 Å². The van der Waals surface area contributed by atoms with Gasteiger partial charge in [-0.1, -0.05) is 12.1 Å². The van der Waals surface area contributed by atoms with Crippen molar-refractivity contribution in [1.82, 2.24) is 10.2 Å². The van der Waals surface area contributed by atoms with Crippen molar-refractivity contribution < 1.29 is 19.0 Å². The number of carbonyl (C=O) groups excluding carboxylic acids is 1. The first-order valence-corrected chi connectivity index (χ1v) is 9.00. The summed E-state index contributed by atoms with van der Waals surface area (Å²) in [5.74, 6) is 1.91. The maximum atomic E-state index is 12.5. The molecule has 0 radical (unpaired) electrons. The van der Waals surface area contributed by atoms with Gasteiger partial charge in [0.15, 0.2) is 11.5 Å². The van der Waals surface area contributed by atoms with E-state index in [9.17, 15) is 4.79 Å². The van der Waals surface area contributed by atoms with Gasteiger partial charge in [0, 0.05) is 38.9 Å². The van der Waals surface area contributed by atoms with Crippen LogP contribution in [0.3, 0.4) is 0 Å². The summed E-state index contributed by atoms with van der Waals surface area (Å²) in [5, 5.41) is 3.02. The number of nitrogens with one attached hydrogen (secondary N) is 1. The first-order chi connectivity index (χ1) is 12.2. The minimum absolute atomic E-state index is 0.0209. The van der Waals surface area contributed by atoms with Crippen molar-refractivity contribution in [2.24, 2.45) is 5.92 Å². The molecule has 1 atom stereocenters. The van der Waals surface area contributed by atoms with Gasteiger partial charge >= 0.3 is 6.03 Å². The average Bonchev–Trinajstić information content (AvgIpc) is 2.65. The molecule has 1 aliphatic rings. The summed E-state index contributed by atoms with van der Waals surface area (Å²) in [4.78, 5) is 14.4. The van der Waals surface area contributed by atoms with E-state index in [1.807, 2.05) is 30.0 Å². The summed E-state index contributed by atoms with van der Waals surface area (Å²) < 4.78 is 16.2. The zero-order valence-corrected chi connectivity index (χ0v) is 15.5. The highest BCUT2D eigenvalue weighted by Crippen LogP contribution is 2.31. The average molecular weight is 350 g/mol. The number of benzene rings is 1. The second kappa shape index (κ2) is 10.1. The number of carbonyl (C=O) groups is 1. The Hall–Kier alpha value is -1.95. The summed E-state index contributed by atoms with van der Waals surface area (Å²) >= 11 is 0. The lowest BCUT2D eigenvalue weighted by molar-refractivity contribution is 0.133. The van der Waals surface area contributed by atoms with Crippen LogP contribution >= 0.6 is 0 Å². The Morgan fingerprint density at radius 2 is 2.20 bits per heavy atom. The second-order valence-electron chi connectivity index (χ2n) is 6.28. The van der Waals surface area contributed by atoms with Crippen LogP contribution in [0.15, 0.2) is 18.2 Å². The molecule has 2 rings (SSSR count). The maximum absolute atomic E-state index is 12.5. The summed E-state index contributed by atoms with van der Waals surface area (Å²) in [6.45, 7) is 5.26. The van der Waals surface area contributed by atoms with Gasteiger partial charge < -0.3 is 24.4 Å². The lowest BCUT2D eigenvalue weighted by atomic mass is 9.95. The third kappa shape index (κ3) is 5.53. The first kappa shape index (κ1) is 19.4. The Balaban J connectivity index is 1.93. The highest BCUT2D eigenvalue weighted by molar-refractivity contribution is 5.74. The largest absolute Gasteiger partial charge is 0.493 e. The fourth-order valence-electron chi connectivity index (χ4n) is 3.22. The predicted octanol–water partition coefficient (Wildman–Crippen LogP) is 3.05. The number of ether oxygens (including phenoxy) is 3. The number of likely N-dealkylation sites (tertiary alicyclic amines) is 1. The maximum Gasteiger partial charge on any atom is 0.317 e. The van der Waals surface area contributed by atoms with E-state index < -0.39 is 0 Å². The summed E-state index contributed by atoms with van der Waals surface area (Å²) in [7, 11) is 3.34. The van der Waals surface area contributed by atoms with E-state index in [4.69, 9.17) is 14.2 Å². The highest BCUT2D eigenvalue weighted by atomic mass is 16.5. The molecule has 2 amide bonds. The first-order valence-electron chi connectivity index (χ1n) is 9.00. The van der Waals surface area contributed by atoms with Gasteiger partial charge in [0.25, 0.3) is 0 Å². The zero-order valence-electron chi connectivity index (χ0n) is 15.5. The van der Waals surface area contributed by atoms with Crippen LogP contribution in [-0.2, 0) is 11.3 Å².